The van der Waals surface area contributed by atoms with E-state index in [9.17, 15) is 0 Å². The topological polar surface area (TPSA) is 0 Å². The smallest absolute Gasteiger partial charge is 0.358 e. The molecular weight excluding hydrogens is 139 g/mol. The average Bonchev–Trinajstić information content (AvgIpc) is 1.76. The molecule has 1 aromatic carbocycles. The molecule has 1 rings (SSSR count). The van der Waals surface area contributed by atoms with Crippen LogP contribution in [0.1, 0.15) is 0 Å². The summed E-state index contributed by atoms with van der Waals surface area (Å²) in [7, 11) is 0. The molecule has 0 aliphatic rings. The van der Waals surface area contributed by atoms with Crippen LogP contribution in [0.5, 0.6) is 0 Å². The zero-order valence-electron chi connectivity index (χ0n) is 5.26. The summed E-state index contributed by atoms with van der Waals surface area (Å²) >= 11 is 0. The molecule has 0 amide bonds. The van der Waals surface area contributed by atoms with Crippen LogP contribution in [0.3, 0.4) is 0 Å². The Morgan fingerprint density at radius 3 is 1.38 bits per heavy atom. The Morgan fingerprint density at radius 1 is 0.875 bits per heavy atom. The second-order valence-corrected chi connectivity index (χ2v) is 0.962. The predicted octanol–water partition coefficient (Wildman–Crippen LogP) is 2.30. The second-order valence-electron chi connectivity index (χ2n) is 0.962. The summed E-state index contributed by atoms with van der Waals surface area (Å²) in [6, 6.07) is 10.0. The third-order valence-electron chi connectivity index (χ3n) is 0.556. The molecule has 0 radical (unpaired) electrons. The van der Waals surface area contributed by atoms with Gasteiger partial charge in [0, 0.05) is 0 Å². The van der Waals surface area contributed by atoms with E-state index < -0.39 is 0 Å². The molecule has 0 aromatic heterocycles. The van der Waals surface area contributed by atoms with E-state index in [4.69, 9.17) is 0 Å². The van der Waals surface area contributed by atoms with Crippen LogP contribution >= 0.6 is 0 Å². The number of rotatable bonds is 0. The Morgan fingerprint density at radius 2 is 1.25 bits per heavy atom. The molecule has 0 bridgehead atoms. The summed E-state index contributed by atoms with van der Waals surface area (Å²) in [5.74, 6) is 0. The van der Waals surface area contributed by atoms with Gasteiger partial charge in [-0.15, -0.1) is 0 Å². The average molecular weight is 150 g/mol. The third-order valence-corrected chi connectivity index (χ3v) is 0.556. The Hall–Kier alpha value is -0.131. The predicted molar refractivity (Wildman–Crippen MR) is 34.9 cm³/mol. The van der Waals surface area contributed by atoms with Gasteiger partial charge in [-0.05, 0) is 0 Å². The van der Waals surface area contributed by atoms with Crippen molar-refractivity contribution in [2.75, 3.05) is 0 Å². The van der Waals surface area contributed by atoms with Crippen molar-refractivity contribution in [3.63, 3.8) is 0 Å². The fraction of sp³-hybridized carbons (Fsp3) is 0. The van der Waals surface area contributed by atoms with Crippen LogP contribution in [0.4, 0.5) is 0 Å². The van der Waals surface area contributed by atoms with E-state index in [0.29, 0.717) is 0 Å². The molecule has 0 fully saturated rings. The monoisotopic (exact) mass is 150 g/mol. The molecule has 0 aliphatic carbocycles. The van der Waals surface area contributed by atoms with Gasteiger partial charge >= 0.3 is 17.1 Å². The molecule has 1 aromatic rings. The number of hydrogen-bond donors (Lipinski definition) is 0. The van der Waals surface area contributed by atoms with Crippen LogP contribution < -0.4 is 0 Å². The zero-order valence-corrected chi connectivity index (χ0v) is 6.45. The van der Waals surface area contributed by atoms with Gasteiger partial charge in [-0.2, -0.15) is 18.2 Å². The first kappa shape index (κ1) is 15.7. The first-order valence-electron chi connectivity index (χ1n) is 1.67. The zero-order chi connectivity index (χ0) is 3.54. The quantitative estimate of drug-likeness (QED) is 0.393. The van der Waals surface area contributed by atoms with E-state index in [1.165, 1.54) is 0 Å². The Balaban J connectivity index is -0.0000000833. The molecule has 0 nitrogen and oxygen atoms in total. The standard InChI is InChI=1S/C5H5.2CH3.Mn/c1-2-4-5-3-1;;;/h1-5H;2*1H3;/q3*-1;+3. The maximum atomic E-state index is 2.00. The van der Waals surface area contributed by atoms with E-state index in [1.807, 2.05) is 30.3 Å². The van der Waals surface area contributed by atoms with Gasteiger partial charge in [-0.25, -0.2) is 12.1 Å². The van der Waals surface area contributed by atoms with Gasteiger partial charge in [0.1, 0.15) is 0 Å². The summed E-state index contributed by atoms with van der Waals surface area (Å²) in [6.45, 7) is 0. The first-order valence-corrected chi connectivity index (χ1v) is 1.67. The van der Waals surface area contributed by atoms with Gasteiger partial charge in [0.25, 0.3) is 0 Å². The largest absolute Gasteiger partial charge is 3.00 e. The van der Waals surface area contributed by atoms with E-state index in [1.54, 1.807) is 0 Å². The van der Waals surface area contributed by atoms with Gasteiger partial charge < -0.3 is 14.9 Å². The van der Waals surface area contributed by atoms with Crippen LogP contribution in [0.25, 0.3) is 0 Å². The first-order chi connectivity index (χ1) is 2.50. The minimum absolute atomic E-state index is 0. The van der Waals surface area contributed by atoms with Crippen LogP contribution in [-0.4, -0.2) is 0 Å². The minimum atomic E-state index is 0. The van der Waals surface area contributed by atoms with Gasteiger partial charge in [0.2, 0.25) is 0 Å². The molecule has 0 aliphatic heterocycles. The SMILES string of the molecule is [CH3-].[CH3-].[Mn+3].c1cc[cH-]c1. The summed E-state index contributed by atoms with van der Waals surface area (Å²) < 4.78 is 0. The molecule has 1 heteroatoms. The molecule has 46 valence electrons. The Labute approximate surface area is 62.8 Å². The normalized spacial score (nSPS) is 5.00. The fourth-order valence-corrected chi connectivity index (χ4v) is 0.321. The summed E-state index contributed by atoms with van der Waals surface area (Å²) in [5, 5.41) is 0. The third kappa shape index (κ3) is 5.87. The van der Waals surface area contributed by atoms with Crippen molar-refractivity contribution in [2.24, 2.45) is 0 Å². The maximum Gasteiger partial charge on any atom is 3.00 e. The molecule has 0 saturated heterocycles. The molecular formula is C7H11Mn. The van der Waals surface area contributed by atoms with Crippen molar-refractivity contribution in [3.8, 4) is 0 Å². The van der Waals surface area contributed by atoms with Gasteiger partial charge in [-0.3, -0.25) is 0 Å². The minimum Gasteiger partial charge on any atom is -0.358 e. The van der Waals surface area contributed by atoms with Crippen molar-refractivity contribution < 1.29 is 17.1 Å². The second kappa shape index (κ2) is 9.98. The van der Waals surface area contributed by atoms with E-state index in [2.05, 4.69) is 0 Å². The summed E-state index contributed by atoms with van der Waals surface area (Å²) in [6.07, 6.45) is 0. The van der Waals surface area contributed by atoms with Crippen molar-refractivity contribution in [3.05, 3.63) is 45.2 Å². The molecule has 0 N–H and O–H groups in total. The van der Waals surface area contributed by atoms with Crippen LogP contribution in [0, 0.1) is 14.9 Å². The van der Waals surface area contributed by atoms with Gasteiger partial charge in [-0.1, -0.05) is 0 Å². The Bertz CT molecular complexity index is 60.9. The summed E-state index contributed by atoms with van der Waals surface area (Å²) in [5.41, 5.74) is 0. The fourth-order valence-electron chi connectivity index (χ4n) is 0.321. The van der Waals surface area contributed by atoms with Crippen molar-refractivity contribution in [1.29, 1.82) is 0 Å². The van der Waals surface area contributed by atoms with Crippen molar-refractivity contribution in [1.82, 2.24) is 0 Å². The Kier molecular flexibility index (Phi) is 19.5. The van der Waals surface area contributed by atoms with E-state index in [-0.39, 0.29) is 31.9 Å². The van der Waals surface area contributed by atoms with Crippen LogP contribution in [-0.2, 0) is 17.1 Å². The van der Waals surface area contributed by atoms with Gasteiger partial charge in [0.15, 0.2) is 0 Å². The summed E-state index contributed by atoms with van der Waals surface area (Å²) in [4.78, 5) is 0. The van der Waals surface area contributed by atoms with Crippen LogP contribution in [0.2, 0.25) is 0 Å². The molecule has 0 saturated carbocycles. The van der Waals surface area contributed by atoms with Crippen molar-refractivity contribution >= 4 is 0 Å². The van der Waals surface area contributed by atoms with E-state index in [0.717, 1.165) is 0 Å². The van der Waals surface area contributed by atoms with E-state index >= 15 is 0 Å². The van der Waals surface area contributed by atoms with Gasteiger partial charge in [0.05, 0.1) is 0 Å². The molecule has 0 heterocycles. The molecule has 0 atom stereocenters. The van der Waals surface area contributed by atoms with Crippen LogP contribution in [0.15, 0.2) is 30.3 Å². The molecule has 0 spiro atoms. The molecule has 0 unspecified atom stereocenters. The molecule has 8 heavy (non-hydrogen) atoms. The maximum absolute atomic E-state index is 2.00. The number of hydrogen-bond acceptors (Lipinski definition) is 0. The van der Waals surface area contributed by atoms with Crippen molar-refractivity contribution in [2.45, 2.75) is 0 Å².